The lowest BCUT2D eigenvalue weighted by molar-refractivity contribution is 0.101. The SMILES string of the molecule is CC(=O)c1ccc(NC(=O)c2cccnc2Sc2ccccc2Cl)cc1. The van der Waals surface area contributed by atoms with Crippen molar-refractivity contribution in [2.24, 2.45) is 0 Å². The van der Waals surface area contributed by atoms with Crippen molar-refractivity contribution in [1.82, 2.24) is 4.98 Å². The maximum Gasteiger partial charge on any atom is 0.258 e. The Morgan fingerprint density at radius 1 is 1.00 bits per heavy atom. The molecule has 0 aliphatic carbocycles. The van der Waals surface area contributed by atoms with Crippen molar-refractivity contribution in [3.63, 3.8) is 0 Å². The zero-order valence-corrected chi connectivity index (χ0v) is 15.5. The molecule has 1 N–H and O–H groups in total. The lowest BCUT2D eigenvalue weighted by atomic mass is 10.1. The van der Waals surface area contributed by atoms with Gasteiger partial charge in [-0.1, -0.05) is 35.5 Å². The molecule has 0 radical (unpaired) electrons. The van der Waals surface area contributed by atoms with Crippen LogP contribution in [0.15, 0.2) is 76.8 Å². The summed E-state index contributed by atoms with van der Waals surface area (Å²) in [6.07, 6.45) is 1.64. The Labute approximate surface area is 160 Å². The number of pyridine rings is 1. The lowest BCUT2D eigenvalue weighted by Gasteiger charge is -2.10. The van der Waals surface area contributed by atoms with Crippen LogP contribution >= 0.6 is 23.4 Å². The highest BCUT2D eigenvalue weighted by Gasteiger charge is 2.15. The molecule has 0 saturated carbocycles. The standard InChI is InChI=1S/C20H15ClN2O2S/c1-13(24)14-8-10-15(11-9-14)23-19(25)16-5-4-12-22-20(16)26-18-7-3-2-6-17(18)21/h2-12H,1H3,(H,23,25). The van der Waals surface area contributed by atoms with Crippen LogP contribution in [0, 0.1) is 0 Å². The minimum absolute atomic E-state index is 0.0199. The number of aromatic nitrogens is 1. The molecule has 6 heteroatoms. The molecule has 4 nitrogen and oxygen atoms in total. The number of nitrogens with one attached hydrogen (secondary N) is 1. The maximum absolute atomic E-state index is 12.7. The average Bonchev–Trinajstić information content (AvgIpc) is 2.64. The van der Waals surface area contributed by atoms with E-state index in [1.165, 1.54) is 18.7 Å². The van der Waals surface area contributed by atoms with Crippen molar-refractivity contribution in [2.75, 3.05) is 5.32 Å². The van der Waals surface area contributed by atoms with Crippen molar-refractivity contribution in [2.45, 2.75) is 16.8 Å². The Balaban J connectivity index is 1.81. The first-order valence-electron chi connectivity index (χ1n) is 7.84. The fourth-order valence-electron chi connectivity index (χ4n) is 2.26. The third-order valence-electron chi connectivity index (χ3n) is 3.61. The van der Waals surface area contributed by atoms with Crippen LogP contribution < -0.4 is 5.32 Å². The van der Waals surface area contributed by atoms with Crippen LogP contribution in [0.25, 0.3) is 0 Å². The van der Waals surface area contributed by atoms with Crippen LogP contribution in [0.3, 0.4) is 0 Å². The molecule has 0 aliphatic rings. The van der Waals surface area contributed by atoms with Gasteiger partial charge in [-0.25, -0.2) is 4.98 Å². The summed E-state index contributed by atoms with van der Waals surface area (Å²) in [5.74, 6) is -0.295. The molecule has 0 spiro atoms. The van der Waals surface area contributed by atoms with Gasteiger partial charge in [0, 0.05) is 22.3 Å². The molecule has 0 fully saturated rings. The van der Waals surface area contributed by atoms with Crippen LogP contribution in [0.1, 0.15) is 27.6 Å². The molecule has 0 bridgehead atoms. The summed E-state index contributed by atoms with van der Waals surface area (Å²) in [5.41, 5.74) is 1.66. The van der Waals surface area contributed by atoms with E-state index in [2.05, 4.69) is 10.3 Å². The highest BCUT2D eigenvalue weighted by atomic mass is 35.5. The lowest BCUT2D eigenvalue weighted by Crippen LogP contribution is -2.13. The second-order valence-electron chi connectivity index (χ2n) is 5.48. The Hall–Kier alpha value is -2.63. The van der Waals surface area contributed by atoms with Crippen LogP contribution in [0.4, 0.5) is 5.69 Å². The first kappa shape index (κ1) is 18.2. The van der Waals surface area contributed by atoms with Gasteiger partial charge in [-0.05, 0) is 55.5 Å². The minimum Gasteiger partial charge on any atom is -0.322 e. The number of nitrogens with zero attached hydrogens (tertiary/aromatic N) is 1. The van der Waals surface area contributed by atoms with E-state index < -0.39 is 0 Å². The van der Waals surface area contributed by atoms with Gasteiger partial charge >= 0.3 is 0 Å². The summed E-state index contributed by atoms with van der Waals surface area (Å²) in [5, 5.41) is 4.00. The Morgan fingerprint density at radius 3 is 2.42 bits per heavy atom. The van der Waals surface area contributed by atoms with Crippen molar-refractivity contribution in [3.8, 4) is 0 Å². The summed E-state index contributed by atoms with van der Waals surface area (Å²) < 4.78 is 0. The summed E-state index contributed by atoms with van der Waals surface area (Å²) in [4.78, 5) is 29.1. The second kappa shape index (κ2) is 8.17. The molecule has 0 aliphatic heterocycles. The predicted molar refractivity (Wildman–Crippen MR) is 104 cm³/mol. The fraction of sp³-hybridized carbons (Fsp3) is 0.0500. The quantitative estimate of drug-likeness (QED) is 0.605. The number of halogens is 1. The summed E-state index contributed by atoms with van der Waals surface area (Å²) >= 11 is 7.54. The molecule has 0 saturated heterocycles. The van der Waals surface area contributed by atoms with Crippen molar-refractivity contribution >= 4 is 40.7 Å². The third-order valence-corrected chi connectivity index (χ3v) is 5.14. The van der Waals surface area contributed by atoms with Crippen molar-refractivity contribution in [1.29, 1.82) is 0 Å². The zero-order valence-electron chi connectivity index (χ0n) is 13.9. The highest BCUT2D eigenvalue weighted by molar-refractivity contribution is 7.99. The number of hydrogen-bond donors (Lipinski definition) is 1. The van der Waals surface area contributed by atoms with Crippen LogP contribution in [0.5, 0.6) is 0 Å². The smallest absolute Gasteiger partial charge is 0.258 e. The van der Waals surface area contributed by atoms with Crippen LogP contribution in [0.2, 0.25) is 5.02 Å². The Morgan fingerprint density at radius 2 is 1.73 bits per heavy atom. The molecular formula is C20H15ClN2O2S. The number of hydrogen-bond acceptors (Lipinski definition) is 4. The number of rotatable bonds is 5. The maximum atomic E-state index is 12.7. The van der Waals surface area contributed by atoms with Crippen molar-refractivity contribution in [3.05, 3.63) is 83.0 Å². The first-order chi connectivity index (χ1) is 12.5. The molecule has 3 rings (SSSR count). The molecule has 130 valence electrons. The number of Topliss-reactive ketones (excluding diaryl/α,β-unsaturated/α-hetero) is 1. The summed E-state index contributed by atoms with van der Waals surface area (Å²) in [6.45, 7) is 1.50. The van der Waals surface area contributed by atoms with Gasteiger partial charge in [-0.3, -0.25) is 9.59 Å². The largest absolute Gasteiger partial charge is 0.322 e. The molecule has 1 heterocycles. The summed E-state index contributed by atoms with van der Waals surface area (Å²) in [7, 11) is 0. The minimum atomic E-state index is -0.275. The zero-order chi connectivity index (χ0) is 18.5. The Kier molecular flexibility index (Phi) is 5.71. The fourth-order valence-corrected chi connectivity index (χ4v) is 3.42. The molecule has 3 aromatic rings. The van der Waals surface area contributed by atoms with E-state index in [4.69, 9.17) is 11.6 Å². The van der Waals surface area contributed by atoms with E-state index in [-0.39, 0.29) is 11.7 Å². The summed E-state index contributed by atoms with van der Waals surface area (Å²) in [6, 6.07) is 17.6. The second-order valence-corrected chi connectivity index (χ2v) is 6.91. The number of carbonyl (C=O) groups is 2. The van der Waals surface area contributed by atoms with E-state index in [1.807, 2.05) is 18.2 Å². The van der Waals surface area contributed by atoms with Gasteiger partial charge in [-0.2, -0.15) is 0 Å². The number of benzene rings is 2. The van der Waals surface area contributed by atoms with E-state index in [9.17, 15) is 9.59 Å². The molecule has 0 atom stereocenters. The number of carbonyl (C=O) groups excluding carboxylic acids is 2. The molecule has 2 aromatic carbocycles. The van der Waals surface area contributed by atoms with Gasteiger partial charge < -0.3 is 5.32 Å². The molecule has 1 amide bonds. The van der Waals surface area contributed by atoms with Gasteiger partial charge in [-0.15, -0.1) is 0 Å². The Bertz CT molecular complexity index is 958. The van der Waals surface area contributed by atoms with Crippen molar-refractivity contribution < 1.29 is 9.59 Å². The van der Waals surface area contributed by atoms with Gasteiger partial charge in [0.05, 0.1) is 10.6 Å². The topological polar surface area (TPSA) is 59.1 Å². The van der Waals surface area contributed by atoms with Crippen LogP contribution in [-0.4, -0.2) is 16.7 Å². The van der Waals surface area contributed by atoms with E-state index >= 15 is 0 Å². The average molecular weight is 383 g/mol. The van der Waals surface area contributed by atoms with Crippen LogP contribution in [-0.2, 0) is 0 Å². The molecule has 1 aromatic heterocycles. The molecule has 26 heavy (non-hydrogen) atoms. The molecule has 0 unspecified atom stereocenters. The van der Waals surface area contributed by atoms with Gasteiger partial charge in [0.25, 0.3) is 5.91 Å². The number of amides is 1. The van der Waals surface area contributed by atoms with Gasteiger partial charge in [0.2, 0.25) is 0 Å². The van der Waals surface area contributed by atoms with Gasteiger partial charge in [0.15, 0.2) is 5.78 Å². The van der Waals surface area contributed by atoms with Gasteiger partial charge in [0.1, 0.15) is 5.03 Å². The van der Waals surface area contributed by atoms with E-state index in [0.29, 0.717) is 26.9 Å². The number of ketones is 1. The molecular weight excluding hydrogens is 368 g/mol. The highest BCUT2D eigenvalue weighted by Crippen LogP contribution is 2.33. The van der Waals surface area contributed by atoms with E-state index in [0.717, 1.165) is 4.90 Å². The normalized spacial score (nSPS) is 10.4. The van der Waals surface area contributed by atoms with E-state index in [1.54, 1.807) is 48.7 Å². The first-order valence-corrected chi connectivity index (χ1v) is 9.04. The monoisotopic (exact) mass is 382 g/mol. The predicted octanol–water partition coefficient (Wildman–Crippen LogP) is 5.34. The number of anilines is 1. The third kappa shape index (κ3) is 4.31.